The number of nitrogens with one attached hydrogen (secondary N) is 2. The van der Waals surface area contributed by atoms with E-state index in [1.807, 2.05) is 0 Å². The summed E-state index contributed by atoms with van der Waals surface area (Å²) < 4.78 is 0. The maximum absolute atomic E-state index is 12.6. The number of anilines is 1. The molecule has 0 aromatic heterocycles. The second-order valence-corrected chi connectivity index (χ2v) is 6.83. The Bertz CT molecular complexity index is 883. The van der Waals surface area contributed by atoms with Gasteiger partial charge in [0, 0.05) is 17.3 Å². The van der Waals surface area contributed by atoms with Crippen LogP contribution >= 0.6 is 11.6 Å². The van der Waals surface area contributed by atoms with Gasteiger partial charge in [-0.3, -0.25) is 19.7 Å². The SMILES string of the molecule is Cc1ccc(NC(=O)[C@@H](NC(=O)c2ccccc2Cl)C(C)C)cc1[N+](=O)[O-]. The first-order valence-electron chi connectivity index (χ1n) is 8.32. The van der Waals surface area contributed by atoms with Gasteiger partial charge in [-0.15, -0.1) is 0 Å². The normalized spacial score (nSPS) is 11.7. The standard InChI is InChI=1S/C19H20ClN3O4/c1-11(2)17(22-18(24)14-6-4-5-7-15(14)20)19(25)21-13-9-8-12(3)16(10-13)23(26)27/h4-11,17H,1-3H3,(H,21,25)(H,22,24)/t17-/m0/s1. The summed E-state index contributed by atoms with van der Waals surface area (Å²) >= 11 is 6.03. The van der Waals surface area contributed by atoms with Crippen molar-refractivity contribution in [3.8, 4) is 0 Å². The average Bonchev–Trinajstić information content (AvgIpc) is 2.60. The van der Waals surface area contributed by atoms with Gasteiger partial charge in [-0.2, -0.15) is 0 Å². The van der Waals surface area contributed by atoms with Crippen molar-refractivity contribution in [2.75, 3.05) is 5.32 Å². The maximum Gasteiger partial charge on any atom is 0.274 e. The third-order valence-corrected chi connectivity index (χ3v) is 4.36. The Kier molecular flexibility index (Phi) is 6.52. The number of nitro groups is 1. The Morgan fingerprint density at radius 1 is 1.15 bits per heavy atom. The van der Waals surface area contributed by atoms with E-state index in [0.29, 0.717) is 5.56 Å². The molecule has 0 aliphatic heterocycles. The number of carbonyl (C=O) groups excluding carboxylic acids is 2. The molecule has 2 amide bonds. The Morgan fingerprint density at radius 3 is 2.41 bits per heavy atom. The molecule has 0 saturated carbocycles. The summed E-state index contributed by atoms with van der Waals surface area (Å²) in [6.45, 7) is 5.19. The minimum absolute atomic E-state index is 0.0889. The van der Waals surface area contributed by atoms with E-state index < -0.39 is 22.8 Å². The van der Waals surface area contributed by atoms with E-state index in [0.717, 1.165) is 0 Å². The Labute approximate surface area is 161 Å². The average molecular weight is 390 g/mol. The summed E-state index contributed by atoms with van der Waals surface area (Å²) in [5.41, 5.74) is 0.956. The van der Waals surface area contributed by atoms with Gasteiger partial charge in [0.1, 0.15) is 6.04 Å². The van der Waals surface area contributed by atoms with Crippen LogP contribution in [0.3, 0.4) is 0 Å². The van der Waals surface area contributed by atoms with Gasteiger partial charge in [0.15, 0.2) is 0 Å². The lowest BCUT2D eigenvalue weighted by molar-refractivity contribution is -0.385. The van der Waals surface area contributed by atoms with E-state index >= 15 is 0 Å². The van der Waals surface area contributed by atoms with E-state index in [1.54, 1.807) is 57.2 Å². The summed E-state index contributed by atoms with van der Waals surface area (Å²) in [6, 6.07) is 10.1. The minimum atomic E-state index is -0.839. The molecule has 1 atom stereocenters. The van der Waals surface area contributed by atoms with Gasteiger partial charge in [-0.1, -0.05) is 43.6 Å². The van der Waals surface area contributed by atoms with Crippen molar-refractivity contribution in [1.82, 2.24) is 5.32 Å². The highest BCUT2D eigenvalue weighted by Crippen LogP contribution is 2.23. The first kappa shape index (κ1) is 20.4. The highest BCUT2D eigenvalue weighted by molar-refractivity contribution is 6.33. The van der Waals surface area contributed by atoms with Crippen molar-refractivity contribution in [3.05, 3.63) is 68.7 Å². The first-order valence-corrected chi connectivity index (χ1v) is 8.69. The lowest BCUT2D eigenvalue weighted by Crippen LogP contribution is -2.47. The van der Waals surface area contributed by atoms with Crippen LogP contribution in [0.15, 0.2) is 42.5 Å². The quantitative estimate of drug-likeness (QED) is 0.576. The molecule has 8 heteroatoms. The van der Waals surface area contributed by atoms with E-state index in [-0.39, 0.29) is 27.9 Å². The fraction of sp³-hybridized carbons (Fsp3) is 0.263. The largest absolute Gasteiger partial charge is 0.340 e. The molecular weight excluding hydrogens is 370 g/mol. The second-order valence-electron chi connectivity index (χ2n) is 6.42. The van der Waals surface area contributed by atoms with Crippen molar-refractivity contribution in [2.24, 2.45) is 5.92 Å². The molecule has 0 saturated heterocycles. The highest BCUT2D eigenvalue weighted by atomic mass is 35.5. The second kappa shape index (κ2) is 8.64. The molecule has 2 aromatic rings. The summed E-state index contributed by atoms with van der Waals surface area (Å²) in [5, 5.41) is 16.6. The molecule has 0 radical (unpaired) electrons. The number of rotatable bonds is 6. The molecule has 2 aromatic carbocycles. The molecule has 7 nitrogen and oxygen atoms in total. The van der Waals surface area contributed by atoms with Crippen molar-refractivity contribution in [1.29, 1.82) is 0 Å². The molecular formula is C19H20ClN3O4. The molecule has 2 rings (SSSR count). The zero-order valence-electron chi connectivity index (χ0n) is 15.2. The summed E-state index contributed by atoms with van der Waals surface area (Å²) in [7, 11) is 0. The molecule has 0 bridgehead atoms. The number of carbonyl (C=O) groups is 2. The van der Waals surface area contributed by atoms with Crippen molar-refractivity contribution in [2.45, 2.75) is 26.8 Å². The molecule has 0 unspecified atom stereocenters. The number of nitrogens with zero attached hydrogens (tertiary/aromatic N) is 1. The number of aryl methyl sites for hydroxylation is 1. The van der Waals surface area contributed by atoms with E-state index in [1.165, 1.54) is 6.07 Å². The van der Waals surface area contributed by atoms with E-state index in [2.05, 4.69) is 10.6 Å². The van der Waals surface area contributed by atoms with Gasteiger partial charge in [0.05, 0.1) is 15.5 Å². The fourth-order valence-electron chi connectivity index (χ4n) is 2.50. The third kappa shape index (κ3) is 5.04. The Hall–Kier alpha value is -2.93. The number of hydrogen-bond acceptors (Lipinski definition) is 4. The van der Waals surface area contributed by atoms with Crippen LogP contribution in [0, 0.1) is 23.0 Å². The zero-order valence-corrected chi connectivity index (χ0v) is 15.9. The minimum Gasteiger partial charge on any atom is -0.340 e. The smallest absolute Gasteiger partial charge is 0.274 e. The summed E-state index contributed by atoms with van der Waals surface area (Å²) in [4.78, 5) is 35.7. The van der Waals surface area contributed by atoms with Gasteiger partial charge in [-0.05, 0) is 31.0 Å². The molecule has 0 aliphatic carbocycles. The molecule has 2 N–H and O–H groups in total. The van der Waals surface area contributed by atoms with Crippen LogP contribution in [0.25, 0.3) is 0 Å². The lowest BCUT2D eigenvalue weighted by atomic mass is 10.0. The third-order valence-electron chi connectivity index (χ3n) is 4.03. The lowest BCUT2D eigenvalue weighted by Gasteiger charge is -2.22. The van der Waals surface area contributed by atoms with Crippen LogP contribution in [-0.2, 0) is 4.79 Å². The zero-order chi connectivity index (χ0) is 20.1. The first-order chi connectivity index (χ1) is 12.7. The Balaban J connectivity index is 2.18. The number of benzene rings is 2. The van der Waals surface area contributed by atoms with Gasteiger partial charge < -0.3 is 10.6 Å². The topological polar surface area (TPSA) is 101 Å². The van der Waals surface area contributed by atoms with Crippen LogP contribution in [0.1, 0.15) is 29.8 Å². The molecule has 0 fully saturated rings. The number of nitro benzene ring substituents is 1. The molecule has 0 aliphatic rings. The number of halogens is 1. The van der Waals surface area contributed by atoms with Gasteiger partial charge >= 0.3 is 0 Å². The van der Waals surface area contributed by atoms with Gasteiger partial charge in [0.2, 0.25) is 5.91 Å². The van der Waals surface area contributed by atoms with Crippen molar-refractivity contribution in [3.63, 3.8) is 0 Å². The summed E-state index contributed by atoms with van der Waals surface area (Å²) in [6.07, 6.45) is 0. The van der Waals surface area contributed by atoms with E-state index in [9.17, 15) is 19.7 Å². The van der Waals surface area contributed by atoms with Crippen LogP contribution in [0.4, 0.5) is 11.4 Å². The predicted molar refractivity (Wildman–Crippen MR) is 104 cm³/mol. The van der Waals surface area contributed by atoms with Crippen LogP contribution in [-0.4, -0.2) is 22.8 Å². The van der Waals surface area contributed by atoms with Crippen molar-refractivity contribution >= 4 is 34.8 Å². The Morgan fingerprint density at radius 2 is 1.81 bits per heavy atom. The summed E-state index contributed by atoms with van der Waals surface area (Å²) in [5.74, 6) is -1.15. The maximum atomic E-state index is 12.6. The van der Waals surface area contributed by atoms with Crippen molar-refractivity contribution < 1.29 is 14.5 Å². The molecule has 0 heterocycles. The molecule has 142 valence electrons. The van der Waals surface area contributed by atoms with Crippen LogP contribution in [0.5, 0.6) is 0 Å². The predicted octanol–water partition coefficient (Wildman–Crippen LogP) is 3.95. The molecule has 0 spiro atoms. The molecule has 27 heavy (non-hydrogen) atoms. The number of amides is 2. The van der Waals surface area contributed by atoms with Gasteiger partial charge in [-0.25, -0.2) is 0 Å². The van der Waals surface area contributed by atoms with Gasteiger partial charge in [0.25, 0.3) is 11.6 Å². The van der Waals surface area contributed by atoms with Crippen LogP contribution in [0.2, 0.25) is 5.02 Å². The fourth-order valence-corrected chi connectivity index (χ4v) is 2.72. The van der Waals surface area contributed by atoms with E-state index in [4.69, 9.17) is 11.6 Å². The highest BCUT2D eigenvalue weighted by Gasteiger charge is 2.26. The van der Waals surface area contributed by atoms with Crippen LogP contribution < -0.4 is 10.6 Å². The number of hydrogen-bond donors (Lipinski definition) is 2. The monoisotopic (exact) mass is 389 g/mol.